The molecule has 4 nitrogen and oxygen atoms in total. The highest BCUT2D eigenvalue weighted by molar-refractivity contribution is 5.85. The summed E-state index contributed by atoms with van der Waals surface area (Å²) < 4.78 is 14.7. The van der Waals surface area contributed by atoms with E-state index in [4.69, 9.17) is 0 Å². The molecule has 8 rings (SSSR count). The first kappa shape index (κ1) is 22.8. The summed E-state index contributed by atoms with van der Waals surface area (Å²) in [5.41, 5.74) is 6.88. The average Bonchev–Trinajstić information content (AvgIpc) is 3.36. The predicted molar refractivity (Wildman–Crippen MR) is 145 cm³/mol. The Morgan fingerprint density at radius 3 is 2.56 bits per heavy atom. The number of nitrogens with zero attached hydrogens (tertiary/aromatic N) is 2. The molecular weight excluding hydrogens is 447 g/mol. The Morgan fingerprint density at radius 1 is 1.06 bits per heavy atom. The molecular formula is C31H39FN4. The van der Waals surface area contributed by atoms with Gasteiger partial charge in [0.15, 0.2) is 0 Å². The second-order valence-corrected chi connectivity index (χ2v) is 12.1. The van der Waals surface area contributed by atoms with E-state index < -0.39 is 6.17 Å². The number of aromatic nitrogens is 1. The summed E-state index contributed by atoms with van der Waals surface area (Å²) in [4.78, 5) is 8.96. The van der Waals surface area contributed by atoms with Crippen molar-refractivity contribution in [3.05, 3.63) is 65.4 Å². The molecule has 36 heavy (non-hydrogen) atoms. The molecule has 2 aliphatic heterocycles. The van der Waals surface area contributed by atoms with E-state index in [0.29, 0.717) is 18.1 Å². The number of halogens is 1. The molecule has 1 saturated heterocycles. The third-order valence-corrected chi connectivity index (χ3v) is 9.66. The molecule has 4 fully saturated rings. The second-order valence-electron chi connectivity index (χ2n) is 12.1. The molecule has 1 aromatic heterocycles. The number of likely N-dealkylation sites (tertiary alicyclic amines) is 1. The van der Waals surface area contributed by atoms with Gasteiger partial charge < -0.3 is 10.3 Å². The number of benzene rings is 2. The van der Waals surface area contributed by atoms with Gasteiger partial charge in [-0.15, -0.1) is 0 Å². The minimum absolute atomic E-state index is 0.125. The van der Waals surface area contributed by atoms with Crippen LogP contribution >= 0.6 is 0 Å². The number of fused-ring (bicyclic) bond motifs is 3. The van der Waals surface area contributed by atoms with Crippen LogP contribution in [0.1, 0.15) is 68.8 Å². The van der Waals surface area contributed by atoms with Gasteiger partial charge >= 0.3 is 0 Å². The van der Waals surface area contributed by atoms with Crippen molar-refractivity contribution >= 4 is 16.6 Å². The van der Waals surface area contributed by atoms with E-state index in [1.807, 2.05) is 0 Å². The van der Waals surface area contributed by atoms with E-state index in [9.17, 15) is 4.39 Å². The summed E-state index contributed by atoms with van der Waals surface area (Å²) >= 11 is 0. The maximum atomic E-state index is 14.7. The molecule has 5 heteroatoms. The van der Waals surface area contributed by atoms with Crippen molar-refractivity contribution in [2.75, 3.05) is 25.0 Å². The maximum absolute atomic E-state index is 14.7. The van der Waals surface area contributed by atoms with Crippen LogP contribution in [0.25, 0.3) is 10.9 Å². The van der Waals surface area contributed by atoms with Crippen molar-refractivity contribution in [1.29, 1.82) is 0 Å². The van der Waals surface area contributed by atoms with Crippen LogP contribution in [0.15, 0.2) is 48.5 Å². The molecule has 4 atom stereocenters. The van der Waals surface area contributed by atoms with Gasteiger partial charge in [0.2, 0.25) is 0 Å². The number of hydrogen-bond acceptors (Lipinski definition) is 3. The third kappa shape index (κ3) is 3.53. The quantitative estimate of drug-likeness (QED) is 0.412. The minimum Gasteiger partial charge on any atom is -0.378 e. The highest BCUT2D eigenvalue weighted by Crippen LogP contribution is 2.64. The summed E-state index contributed by atoms with van der Waals surface area (Å²) in [5.74, 6) is 0.950. The van der Waals surface area contributed by atoms with Crippen molar-refractivity contribution in [2.24, 2.45) is 5.92 Å². The Balaban J connectivity index is 1.18. The zero-order valence-corrected chi connectivity index (χ0v) is 21.6. The van der Waals surface area contributed by atoms with Gasteiger partial charge in [-0.3, -0.25) is 9.80 Å². The normalized spacial score (nSPS) is 33.8. The van der Waals surface area contributed by atoms with Crippen LogP contribution in [0.4, 0.5) is 10.1 Å². The molecule has 0 amide bonds. The van der Waals surface area contributed by atoms with Gasteiger partial charge in [-0.1, -0.05) is 43.7 Å². The first-order valence-electron chi connectivity index (χ1n) is 14.2. The van der Waals surface area contributed by atoms with Crippen molar-refractivity contribution in [3.8, 4) is 0 Å². The van der Waals surface area contributed by atoms with Crippen LogP contribution < -0.4 is 5.32 Å². The first-order chi connectivity index (χ1) is 17.5. The largest absolute Gasteiger partial charge is 0.378 e. The van der Waals surface area contributed by atoms with E-state index in [2.05, 4.69) is 82.5 Å². The summed E-state index contributed by atoms with van der Waals surface area (Å²) in [6, 6.07) is 18.4. The fourth-order valence-electron chi connectivity index (χ4n) is 7.80. The fraction of sp³-hybridized carbons (Fsp3) is 0.548. The van der Waals surface area contributed by atoms with Crippen LogP contribution in [0.5, 0.6) is 0 Å². The Hall–Kier alpha value is -2.37. The number of para-hydroxylation sites is 1. The van der Waals surface area contributed by atoms with Crippen molar-refractivity contribution < 1.29 is 4.39 Å². The van der Waals surface area contributed by atoms with Crippen LogP contribution in [0.2, 0.25) is 0 Å². The Kier molecular flexibility index (Phi) is 5.44. The monoisotopic (exact) mass is 486 g/mol. The zero-order valence-electron chi connectivity index (χ0n) is 21.6. The molecule has 3 aromatic rings. The number of nitrogens with one attached hydrogen (secondary N) is 2. The van der Waals surface area contributed by atoms with Gasteiger partial charge in [-0.25, -0.2) is 4.39 Å². The molecule has 2 bridgehead atoms. The molecule has 3 heterocycles. The number of unbranched alkanes of at least 4 members (excludes halogenated alkanes) is 1. The van der Waals surface area contributed by atoms with Gasteiger partial charge in [0, 0.05) is 47.0 Å². The van der Waals surface area contributed by atoms with Crippen LogP contribution in [-0.2, 0) is 6.42 Å². The highest BCUT2D eigenvalue weighted by Gasteiger charge is 2.63. The summed E-state index contributed by atoms with van der Waals surface area (Å²) in [5, 5.41) is 4.89. The summed E-state index contributed by atoms with van der Waals surface area (Å²) in [7, 11) is 0. The summed E-state index contributed by atoms with van der Waals surface area (Å²) in [6.45, 7) is 6.97. The Bertz CT molecular complexity index is 1230. The average molecular weight is 487 g/mol. The summed E-state index contributed by atoms with van der Waals surface area (Å²) in [6.07, 6.45) is 6.67. The lowest BCUT2D eigenvalue weighted by Crippen LogP contribution is -2.71. The number of rotatable bonds is 7. The van der Waals surface area contributed by atoms with Crippen LogP contribution in [-0.4, -0.2) is 58.2 Å². The van der Waals surface area contributed by atoms with Gasteiger partial charge in [0.25, 0.3) is 0 Å². The molecule has 0 radical (unpaired) electrons. The predicted octanol–water partition coefficient (Wildman–Crippen LogP) is 6.29. The number of hydrogen-bond donors (Lipinski definition) is 2. The standard InChI is InChI=1S/C31H39FN4/c1-3-4-13-35-18-26(32)28(19-35)33-23-11-9-22(10-12-23)30-29-25(24-7-5-6-8-27(24)34-29)14-20(2)36(30)31-15-21(16-31)17-31/h5-12,20-21,26,28,30,33-34H,3-4,13-19H2,1-2H3/t20-,21?,26-,28-,30-,31?/m1/s1. The lowest BCUT2D eigenvalue weighted by Gasteiger charge is -2.70. The molecule has 2 N–H and O–H groups in total. The van der Waals surface area contributed by atoms with Gasteiger partial charge in [0.1, 0.15) is 6.17 Å². The molecule has 0 spiro atoms. The Labute approximate surface area is 214 Å². The Morgan fingerprint density at radius 2 is 1.83 bits per heavy atom. The number of aromatic amines is 1. The van der Waals surface area contributed by atoms with Crippen LogP contribution in [0, 0.1) is 5.92 Å². The molecule has 3 aliphatic carbocycles. The first-order valence-corrected chi connectivity index (χ1v) is 14.2. The third-order valence-electron chi connectivity index (χ3n) is 9.66. The number of anilines is 1. The SMILES string of the molecule is CCCCN1C[C@@H](F)[C@H](Nc2ccc([C@@H]3c4[nH]c5ccccc5c4C[C@@H](C)N3C34CC(C3)C4)cc2)C1. The topological polar surface area (TPSA) is 34.3 Å². The van der Waals surface area contributed by atoms with E-state index in [1.165, 1.54) is 47.0 Å². The van der Waals surface area contributed by atoms with E-state index in [0.717, 1.165) is 44.0 Å². The van der Waals surface area contributed by atoms with Crippen LogP contribution in [0.3, 0.4) is 0 Å². The van der Waals surface area contributed by atoms with Gasteiger partial charge in [-0.05, 0) is 80.8 Å². The second kappa shape index (κ2) is 8.59. The van der Waals surface area contributed by atoms with Gasteiger partial charge in [0.05, 0.1) is 12.1 Å². The number of alkyl halides is 1. The number of H-pyrrole nitrogens is 1. The van der Waals surface area contributed by atoms with Crippen molar-refractivity contribution in [2.45, 2.75) is 82.2 Å². The van der Waals surface area contributed by atoms with Crippen molar-refractivity contribution in [3.63, 3.8) is 0 Å². The fourth-order valence-corrected chi connectivity index (χ4v) is 7.80. The highest BCUT2D eigenvalue weighted by atomic mass is 19.1. The molecule has 5 aliphatic rings. The van der Waals surface area contributed by atoms with Crippen molar-refractivity contribution in [1.82, 2.24) is 14.8 Å². The lowest BCUT2D eigenvalue weighted by atomic mass is 9.48. The maximum Gasteiger partial charge on any atom is 0.134 e. The molecule has 0 unspecified atom stereocenters. The molecule has 190 valence electrons. The van der Waals surface area contributed by atoms with Gasteiger partial charge in [-0.2, -0.15) is 0 Å². The lowest BCUT2D eigenvalue weighted by molar-refractivity contribution is -0.174. The smallest absolute Gasteiger partial charge is 0.134 e. The van der Waals surface area contributed by atoms with E-state index in [-0.39, 0.29) is 12.1 Å². The minimum atomic E-state index is -0.811. The molecule has 3 saturated carbocycles. The van der Waals surface area contributed by atoms with E-state index in [1.54, 1.807) is 0 Å². The van der Waals surface area contributed by atoms with E-state index >= 15 is 0 Å². The zero-order chi connectivity index (χ0) is 24.4. The molecule has 2 aromatic carbocycles.